The number of benzene rings is 1. The molecule has 1 fully saturated rings. The number of hydrogen-bond acceptors (Lipinski definition) is 10. The molecule has 1 aliphatic rings. The Morgan fingerprint density at radius 3 is 2.67 bits per heavy atom. The van der Waals surface area contributed by atoms with Gasteiger partial charge in [0.25, 0.3) is 5.89 Å². The second-order valence-corrected chi connectivity index (χ2v) is 7.17. The number of esters is 1. The molecule has 0 aliphatic carbocycles. The average Bonchev–Trinajstić information content (AvgIpc) is 3.32. The van der Waals surface area contributed by atoms with Gasteiger partial charge in [-0.05, 0) is 37.1 Å². The van der Waals surface area contributed by atoms with E-state index >= 15 is 0 Å². The lowest BCUT2D eigenvalue weighted by Gasteiger charge is -2.30. The molecule has 3 heterocycles. The Morgan fingerprint density at radius 1 is 1.21 bits per heavy atom. The zero-order valence-corrected chi connectivity index (χ0v) is 17.7. The lowest BCUT2D eigenvalue weighted by Crippen LogP contribution is -2.37. The maximum absolute atomic E-state index is 12.5. The van der Waals surface area contributed by atoms with E-state index in [4.69, 9.17) is 14.0 Å². The highest BCUT2D eigenvalue weighted by Crippen LogP contribution is 2.32. The largest absolute Gasteiger partial charge is 0.493 e. The number of hydrogen-bond donors (Lipinski definition) is 0. The topological polar surface area (TPSA) is 113 Å². The molecule has 33 heavy (non-hydrogen) atoms. The molecule has 4 rings (SSSR count). The zero-order chi connectivity index (χ0) is 23.2. The smallest absolute Gasteiger partial charge is 0.387 e. The first-order valence-electron chi connectivity index (χ1n) is 10.2. The van der Waals surface area contributed by atoms with Crippen LogP contribution in [0.25, 0.3) is 11.4 Å². The van der Waals surface area contributed by atoms with Crippen LogP contribution in [-0.4, -0.2) is 52.9 Å². The summed E-state index contributed by atoms with van der Waals surface area (Å²) in [5.41, 5.74) is 0.463. The molecule has 3 aromatic rings. The molecule has 0 radical (unpaired) electrons. The highest BCUT2D eigenvalue weighted by Gasteiger charge is 2.27. The maximum atomic E-state index is 12.5. The molecule has 0 bridgehead atoms. The van der Waals surface area contributed by atoms with Gasteiger partial charge in [0.2, 0.25) is 11.8 Å². The predicted molar refractivity (Wildman–Crippen MR) is 110 cm³/mol. The van der Waals surface area contributed by atoms with Gasteiger partial charge in [-0.1, -0.05) is 5.16 Å². The van der Waals surface area contributed by atoms with Crippen LogP contribution in [0.3, 0.4) is 0 Å². The molecule has 1 saturated heterocycles. The molecule has 0 amide bonds. The molecule has 0 saturated carbocycles. The molecule has 10 nitrogen and oxygen atoms in total. The van der Waals surface area contributed by atoms with Gasteiger partial charge >= 0.3 is 12.6 Å². The summed E-state index contributed by atoms with van der Waals surface area (Å²) in [6, 6.07) is 6.01. The molecular weight excluding hydrogens is 440 g/mol. The van der Waals surface area contributed by atoms with Gasteiger partial charge in [0.05, 0.1) is 13.0 Å². The van der Waals surface area contributed by atoms with Crippen molar-refractivity contribution in [2.75, 3.05) is 25.1 Å². The molecule has 1 aliphatic heterocycles. The van der Waals surface area contributed by atoms with Gasteiger partial charge in [-0.25, -0.2) is 9.97 Å². The number of carbonyl (C=O) groups is 1. The first kappa shape index (κ1) is 22.4. The summed E-state index contributed by atoms with van der Waals surface area (Å²) in [7, 11) is 1.33. The van der Waals surface area contributed by atoms with Gasteiger partial charge in [0, 0.05) is 31.0 Å². The third-order valence-electron chi connectivity index (χ3n) is 5.11. The number of ether oxygens (including phenoxy) is 3. The fourth-order valence-electron chi connectivity index (χ4n) is 3.45. The van der Waals surface area contributed by atoms with E-state index in [9.17, 15) is 13.6 Å². The number of piperidine rings is 1. The van der Waals surface area contributed by atoms with E-state index in [1.54, 1.807) is 18.5 Å². The van der Waals surface area contributed by atoms with Crippen LogP contribution in [0.2, 0.25) is 0 Å². The van der Waals surface area contributed by atoms with E-state index in [1.165, 1.54) is 25.3 Å². The van der Waals surface area contributed by atoms with Crippen LogP contribution in [0.5, 0.6) is 11.5 Å². The number of nitrogens with zero attached hydrogens (tertiary/aromatic N) is 5. The fourth-order valence-corrected chi connectivity index (χ4v) is 3.45. The first-order chi connectivity index (χ1) is 16.0. The van der Waals surface area contributed by atoms with Crippen LogP contribution in [0.1, 0.15) is 18.7 Å². The van der Waals surface area contributed by atoms with E-state index in [0.29, 0.717) is 37.4 Å². The van der Waals surface area contributed by atoms with Crippen molar-refractivity contribution in [3.63, 3.8) is 0 Å². The Morgan fingerprint density at radius 2 is 1.97 bits per heavy atom. The standard InChI is InChI=1S/C21H21F2N5O5/c1-30-16-11-14(3-4-15(16)32-20(22)23)18-26-17(33-27-18)12-31-19(29)13-5-9-28(10-6-13)21-24-7-2-8-25-21/h2-4,7-8,11,13,20H,5-6,9-10,12H2,1H3. The highest BCUT2D eigenvalue weighted by molar-refractivity contribution is 5.72. The molecule has 0 unspecified atom stereocenters. The van der Waals surface area contributed by atoms with Gasteiger partial charge in [0.15, 0.2) is 18.1 Å². The molecular formula is C21H21F2N5O5. The lowest BCUT2D eigenvalue weighted by atomic mass is 9.97. The predicted octanol–water partition coefficient (Wildman–Crippen LogP) is 3.10. The Bertz CT molecular complexity index is 1070. The Labute approximate surface area is 187 Å². The minimum absolute atomic E-state index is 0.0952. The van der Waals surface area contributed by atoms with Gasteiger partial charge < -0.3 is 23.6 Å². The summed E-state index contributed by atoms with van der Waals surface area (Å²) >= 11 is 0. The Hall–Kier alpha value is -3.83. The summed E-state index contributed by atoms with van der Waals surface area (Å²) in [4.78, 5) is 27.1. The number of alkyl halides is 2. The minimum Gasteiger partial charge on any atom is -0.493 e. The number of anilines is 1. The van der Waals surface area contributed by atoms with E-state index in [0.717, 1.165) is 0 Å². The van der Waals surface area contributed by atoms with Crippen LogP contribution in [0, 0.1) is 5.92 Å². The number of rotatable bonds is 8. The summed E-state index contributed by atoms with van der Waals surface area (Å²) in [5.74, 6) is 0.363. The monoisotopic (exact) mass is 461 g/mol. The normalized spacial score (nSPS) is 14.4. The van der Waals surface area contributed by atoms with E-state index in [2.05, 4.69) is 24.8 Å². The number of methoxy groups -OCH3 is 1. The van der Waals surface area contributed by atoms with Crippen LogP contribution in [-0.2, 0) is 16.1 Å². The fraction of sp³-hybridized carbons (Fsp3) is 0.381. The highest BCUT2D eigenvalue weighted by atomic mass is 19.3. The van der Waals surface area contributed by atoms with Gasteiger partial charge in [-0.3, -0.25) is 4.79 Å². The second kappa shape index (κ2) is 10.2. The van der Waals surface area contributed by atoms with Crippen molar-refractivity contribution < 1.29 is 32.3 Å². The van der Waals surface area contributed by atoms with Crippen LogP contribution in [0.4, 0.5) is 14.7 Å². The van der Waals surface area contributed by atoms with Crippen molar-refractivity contribution in [3.05, 3.63) is 42.5 Å². The maximum Gasteiger partial charge on any atom is 0.387 e. The SMILES string of the molecule is COc1cc(-c2noc(COC(=O)C3CCN(c4ncccn4)CC3)n2)ccc1OC(F)F. The van der Waals surface area contributed by atoms with Crippen LogP contribution < -0.4 is 14.4 Å². The molecule has 0 N–H and O–H groups in total. The van der Waals surface area contributed by atoms with Crippen molar-refractivity contribution in [1.82, 2.24) is 20.1 Å². The number of carbonyl (C=O) groups excluding carboxylic acids is 1. The lowest BCUT2D eigenvalue weighted by molar-refractivity contribution is -0.151. The molecule has 0 atom stereocenters. The van der Waals surface area contributed by atoms with E-state index in [-0.39, 0.29) is 41.7 Å². The van der Waals surface area contributed by atoms with Gasteiger partial charge in [0.1, 0.15) is 0 Å². The second-order valence-electron chi connectivity index (χ2n) is 7.17. The molecule has 1 aromatic carbocycles. The molecule has 12 heteroatoms. The summed E-state index contributed by atoms with van der Waals surface area (Å²) in [6.45, 7) is -1.84. The quantitative estimate of drug-likeness (QED) is 0.464. The Balaban J connectivity index is 1.31. The summed E-state index contributed by atoms with van der Waals surface area (Å²) in [5, 5.41) is 3.84. The van der Waals surface area contributed by atoms with E-state index in [1.807, 2.05) is 4.90 Å². The van der Waals surface area contributed by atoms with Gasteiger partial charge in [-0.2, -0.15) is 13.8 Å². The van der Waals surface area contributed by atoms with Crippen LogP contribution in [0.15, 0.2) is 41.2 Å². The molecule has 2 aromatic heterocycles. The van der Waals surface area contributed by atoms with Crippen molar-refractivity contribution in [2.24, 2.45) is 5.92 Å². The van der Waals surface area contributed by atoms with Crippen molar-refractivity contribution in [1.29, 1.82) is 0 Å². The van der Waals surface area contributed by atoms with Crippen molar-refractivity contribution >= 4 is 11.9 Å². The first-order valence-corrected chi connectivity index (χ1v) is 10.2. The van der Waals surface area contributed by atoms with Crippen molar-refractivity contribution in [3.8, 4) is 22.9 Å². The van der Waals surface area contributed by atoms with Crippen molar-refractivity contribution in [2.45, 2.75) is 26.1 Å². The summed E-state index contributed by atoms with van der Waals surface area (Å²) < 4.78 is 44.9. The number of halogens is 2. The zero-order valence-electron chi connectivity index (χ0n) is 17.7. The third-order valence-corrected chi connectivity index (χ3v) is 5.11. The Kier molecular flexibility index (Phi) is 6.91. The molecule has 0 spiro atoms. The minimum atomic E-state index is -2.98. The average molecular weight is 461 g/mol. The van der Waals surface area contributed by atoms with Crippen LogP contribution >= 0.6 is 0 Å². The molecule has 174 valence electrons. The third kappa shape index (κ3) is 5.51. The van der Waals surface area contributed by atoms with E-state index < -0.39 is 6.61 Å². The summed E-state index contributed by atoms with van der Waals surface area (Å²) in [6.07, 6.45) is 4.62. The number of aromatic nitrogens is 4. The van der Waals surface area contributed by atoms with Gasteiger partial charge in [-0.15, -0.1) is 0 Å².